The molecule has 1 saturated carbocycles. The molecular weight excluding hydrogens is 266 g/mol. The molecule has 6 heteroatoms. The van der Waals surface area contributed by atoms with Crippen LogP contribution in [-0.4, -0.2) is 19.9 Å². The monoisotopic (exact) mass is 289 g/mol. The van der Waals surface area contributed by atoms with Crippen LogP contribution in [0.4, 0.5) is 0 Å². The third-order valence-electron chi connectivity index (χ3n) is 4.19. The van der Waals surface area contributed by atoms with E-state index in [9.17, 15) is 0 Å². The summed E-state index contributed by atoms with van der Waals surface area (Å²) in [5, 5.41) is 8.58. The molecule has 0 radical (unpaired) electrons. The molecule has 6 nitrogen and oxygen atoms in total. The van der Waals surface area contributed by atoms with Crippen LogP contribution >= 0.6 is 0 Å². The van der Waals surface area contributed by atoms with Crippen molar-refractivity contribution in [2.75, 3.05) is 0 Å². The molecule has 2 N–H and O–H groups in total. The second kappa shape index (κ2) is 4.66. The van der Waals surface area contributed by atoms with E-state index in [1.165, 1.54) is 0 Å². The molecule has 21 heavy (non-hydrogen) atoms. The van der Waals surface area contributed by atoms with Crippen LogP contribution in [0.25, 0.3) is 11.5 Å². The van der Waals surface area contributed by atoms with E-state index in [0.717, 1.165) is 36.9 Å². The fourth-order valence-electron chi connectivity index (χ4n) is 2.79. The van der Waals surface area contributed by atoms with Gasteiger partial charge in [-0.05, 0) is 46.5 Å². The maximum atomic E-state index is 6.25. The zero-order valence-electron chi connectivity index (χ0n) is 13.2. The van der Waals surface area contributed by atoms with E-state index in [0.29, 0.717) is 11.7 Å². The van der Waals surface area contributed by atoms with E-state index in [-0.39, 0.29) is 5.54 Å². The summed E-state index contributed by atoms with van der Waals surface area (Å²) >= 11 is 0. The van der Waals surface area contributed by atoms with Crippen molar-refractivity contribution >= 4 is 0 Å². The quantitative estimate of drug-likeness (QED) is 0.939. The Morgan fingerprint density at radius 2 is 2.10 bits per heavy atom. The summed E-state index contributed by atoms with van der Waals surface area (Å²) in [5.41, 5.74) is 7.81. The van der Waals surface area contributed by atoms with Crippen molar-refractivity contribution in [1.29, 1.82) is 0 Å². The lowest BCUT2D eigenvalue weighted by molar-refractivity contribution is 0.229. The molecule has 1 fully saturated rings. The maximum absolute atomic E-state index is 6.25. The van der Waals surface area contributed by atoms with Crippen LogP contribution in [-0.2, 0) is 17.5 Å². The van der Waals surface area contributed by atoms with Crippen LogP contribution < -0.4 is 5.73 Å². The van der Waals surface area contributed by atoms with Gasteiger partial charge in [-0.2, -0.15) is 10.1 Å². The van der Waals surface area contributed by atoms with Gasteiger partial charge in [0.15, 0.2) is 5.82 Å². The van der Waals surface area contributed by atoms with Crippen molar-refractivity contribution in [2.45, 2.75) is 64.5 Å². The molecule has 0 amide bonds. The van der Waals surface area contributed by atoms with Gasteiger partial charge >= 0.3 is 0 Å². The normalized spacial score (nSPS) is 17.8. The van der Waals surface area contributed by atoms with Crippen molar-refractivity contribution in [3.63, 3.8) is 0 Å². The summed E-state index contributed by atoms with van der Waals surface area (Å²) < 4.78 is 7.47. The first-order valence-electron chi connectivity index (χ1n) is 7.56. The minimum Gasteiger partial charge on any atom is -0.334 e. The first-order chi connectivity index (χ1) is 9.85. The first-order valence-corrected chi connectivity index (χ1v) is 7.56. The van der Waals surface area contributed by atoms with Gasteiger partial charge in [0.25, 0.3) is 5.89 Å². The summed E-state index contributed by atoms with van der Waals surface area (Å²) in [6.45, 7) is 8.50. The van der Waals surface area contributed by atoms with E-state index < -0.39 is 5.54 Å². The lowest BCUT2D eigenvalue weighted by Gasteiger charge is -2.34. The van der Waals surface area contributed by atoms with Gasteiger partial charge in [-0.3, -0.25) is 4.68 Å². The number of aromatic nitrogens is 4. The average Bonchev–Trinajstić information content (AvgIpc) is 3.00. The maximum Gasteiger partial charge on any atom is 0.261 e. The number of nitrogens with zero attached hydrogens (tertiary/aromatic N) is 4. The lowest BCUT2D eigenvalue weighted by atomic mass is 9.77. The highest BCUT2D eigenvalue weighted by molar-refractivity contribution is 5.55. The van der Waals surface area contributed by atoms with Crippen LogP contribution in [0.5, 0.6) is 0 Å². The van der Waals surface area contributed by atoms with E-state index in [1.54, 1.807) is 0 Å². The Bertz CT molecular complexity index is 645. The van der Waals surface area contributed by atoms with Crippen molar-refractivity contribution in [3.05, 3.63) is 17.7 Å². The van der Waals surface area contributed by atoms with Crippen LogP contribution in [0, 0.1) is 0 Å². The topological polar surface area (TPSA) is 82.8 Å². The molecule has 0 atom stereocenters. The van der Waals surface area contributed by atoms with Crippen LogP contribution in [0.1, 0.15) is 58.5 Å². The zero-order valence-corrected chi connectivity index (χ0v) is 13.2. The fourth-order valence-corrected chi connectivity index (χ4v) is 2.79. The highest BCUT2D eigenvalue weighted by Gasteiger charge is 2.39. The Morgan fingerprint density at radius 3 is 2.62 bits per heavy atom. The van der Waals surface area contributed by atoms with Gasteiger partial charge in [0, 0.05) is 0 Å². The van der Waals surface area contributed by atoms with E-state index in [2.05, 4.69) is 42.9 Å². The number of hydrogen-bond acceptors (Lipinski definition) is 5. The predicted molar refractivity (Wildman–Crippen MR) is 79.6 cm³/mol. The number of nitrogens with two attached hydrogens (primary N) is 1. The zero-order chi connectivity index (χ0) is 15.3. The van der Waals surface area contributed by atoms with Crippen LogP contribution in [0.15, 0.2) is 10.7 Å². The Labute approximate surface area is 124 Å². The van der Waals surface area contributed by atoms with Gasteiger partial charge in [0.05, 0.1) is 28.5 Å². The molecule has 1 aliphatic carbocycles. The Hall–Kier alpha value is -1.69. The van der Waals surface area contributed by atoms with E-state index >= 15 is 0 Å². The van der Waals surface area contributed by atoms with E-state index in [4.69, 9.17) is 10.3 Å². The first kappa shape index (κ1) is 14.3. The van der Waals surface area contributed by atoms with Crippen LogP contribution in [0.2, 0.25) is 0 Å². The molecular formula is C15H23N5O. The Morgan fingerprint density at radius 1 is 1.38 bits per heavy atom. The van der Waals surface area contributed by atoms with Gasteiger partial charge in [0.1, 0.15) is 0 Å². The largest absolute Gasteiger partial charge is 0.334 e. The smallest absolute Gasteiger partial charge is 0.261 e. The molecule has 3 rings (SSSR count). The van der Waals surface area contributed by atoms with Crippen molar-refractivity contribution in [3.8, 4) is 11.5 Å². The van der Waals surface area contributed by atoms with Gasteiger partial charge in [0.2, 0.25) is 0 Å². The third kappa shape index (κ3) is 2.27. The lowest BCUT2D eigenvalue weighted by Crippen LogP contribution is -2.44. The van der Waals surface area contributed by atoms with Gasteiger partial charge in [-0.15, -0.1) is 0 Å². The molecule has 0 spiro atoms. The molecule has 1 aliphatic rings. The molecule has 0 aliphatic heterocycles. The highest BCUT2D eigenvalue weighted by Crippen LogP contribution is 2.38. The molecule has 114 valence electrons. The van der Waals surface area contributed by atoms with Crippen molar-refractivity contribution < 1.29 is 4.52 Å². The number of rotatable bonds is 3. The second-order valence-electron chi connectivity index (χ2n) is 6.87. The predicted octanol–water partition coefficient (Wildman–Crippen LogP) is 2.59. The average molecular weight is 289 g/mol. The summed E-state index contributed by atoms with van der Waals surface area (Å²) in [4.78, 5) is 4.52. The van der Waals surface area contributed by atoms with Gasteiger partial charge in [-0.1, -0.05) is 12.1 Å². The second-order valence-corrected chi connectivity index (χ2v) is 6.87. The molecule has 0 saturated heterocycles. The molecule has 2 aromatic rings. The summed E-state index contributed by atoms with van der Waals surface area (Å²) in [7, 11) is 0. The molecule has 0 bridgehead atoms. The van der Waals surface area contributed by atoms with Crippen molar-refractivity contribution in [1.82, 2.24) is 19.9 Å². The van der Waals surface area contributed by atoms with Gasteiger partial charge in [-0.25, -0.2) is 0 Å². The third-order valence-corrected chi connectivity index (χ3v) is 4.19. The van der Waals surface area contributed by atoms with Crippen LogP contribution in [0.3, 0.4) is 0 Å². The molecule has 0 aromatic carbocycles. The van der Waals surface area contributed by atoms with Crippen molar-refractivity contribution in [2.24, 2.45) is 5.73 Å². The summed E-state index contributed by atoms with van der Waals surface area (Å²) in [6, 6.07) is 0. The van der Waals surface area contributed by atoms with E-state index in [1.807, 2.05) is 10.9 Å². The molecule has 2 heterocycles. The molecule has 0 unspecified atom stereocenters. The number of hydrogen-bond donors (Lipinski definition) is 1. The summed E-state index contributed by atoms with van der Waals surface area (Å²) in [6.07, 6.45) is 5.65. The Balaban J connectivity index is 2.00. The standard InChI is InChI=1S/C15H23N5O/c1-5-11-10(9-17-20(11)14(2,3)4)12-18-13(19-21-12)15(16)7-6-8-15/h9H,5-8,16H2,1-4H3. The summed E-state index contributed by atoms with van der Waals surface area (Å²) in [5.74, 6) is 1.14. The molecule has 2 aromatic heterocycles. The van der Waals surface area contributed by atoms with Gasteiger partial charge < -0.3 is 10.3 Å². The minimum absolute atomic E-state index is 0.0739. The Kier molecular flexibility index (Phi) is 3.16. The fraction of sp³-hybridized carbons (Fsp3) is 0.667. The SMILES string of the molecule is CCc1c(-c2nc(C3(N)CCC3)no2)cnn1C(C)(C)C. The highest BCUT2D eigenvalue weighted by atomic mass is 16.5. The minimum atomic E-state index is -0.395.